The summed E-state index contributed by atoms with van der Waals surface area (Å²) in [4.78, 5) is 26.5. The fourth-order valence-corrected chi connectivity index (χ4v) is 3.49. The molecule has 1 saturated carbocycles. The van der Waals surface area contributed by atoms with Gasteiger partial charge in [0.2, 0.25) is 5.91 Å². The maximum atomic E-state index is 12.1. The molecule has 24 heavy (non-hydrogen) atoms. The Kier molecular flexibility index (Phi) is 5.53. The average molecular weight is 348 g/mol. The van der Waals surface area contributed by atoms with E-state index in [1.54, 1.807) is 24.4 Å². The summed E-state index contributed by atoms with van der Waals surface area (Å²) in [6.45, 7) is 1.15. The summed E-state index contributed by atoms with van der Waals surface area (Å²) < 4.78 is 0. The van der Waals surface area contributed by atoms with E-state index in [-0.39, 0.29) is 18.0 Å². The molecule has 1 aromatic carbocycles. The van der Waals surface area contributed by atoms with Crippen LogP contribution in [0, 0.1) is 5.92 Å². The maximum Gasteiger partial charge on any atom is 0.255 e. The molecule has 3 N–H and O–H groups in total. The quantitative estimate of drug-likeness (QED) is 0.777. The van der Waals surface area contributed by atoms with Crippen molar-refractivity contribution in [3.8, 4) is 0 Å². The van der Waals surface area contributed by atoms with E-state index < -0.39 is 0 Å². The van der Waals surface area contributed by atoms with E-state index >= 15 is 0 Å². The highest BCUT2D eigenvalue weighted by Crippen LogP contribution is 2.26. The highest BCUT2D eigenvalue weighted by molar-refractivity contribution is 6.34. The molecule has 0 saturated heterocycles. The van der Waals surface area contributed by atoms with Gasteiger partial charge >= 0.3 is 0 Å². The lowest BCUT2D eigenvalue weighted by Gasteiger charge is -2.21. The summed E-state index contributed by atoms with van der Waals surface area (Å²) in [7, 11) is 0. The van der Waals surface area contributed by atoms with E-state index in [4.69, 9.17) is 11.6 Å². The molecule has 0 spiro atoms. The number of carbonyl (C=O) groups excluding carboxylic acids is 1. The first-order chi connectivity index (χ1) is 11.6. The normalized spacial score (nSPS) is 15.5. The number of hydrogen-bond donors (Lipinski definition) is 3. The second-order valence-electron chi connectivity index (χ2n) is 6.41. The first-order valence-corrected chi connectivity index (χ1v) is 8.83. The van der Waals surface area contributed by atoms with Crippen LogP contribution in [0.5, 0.6) is 0 Å². The number of halogens is 1. The lowest BCUT2D eigenvalue weighted by molar-refractivity contribution is -0.115. The molecule has 0 aliphatic heterocycles. The third-order valence-electron chi connectivity index (χ3n) is 4.58. The fraction of sp³-hybridized carbons (Fsp3) is 0.444. The number of hydrogen-bond acceptors (Lipinski definition) is 3. The van der Waals surface area contributed by atoms with Gasteiger partial charge in [0, 0.05) is 11.6 Å². The Bertz CT molecular complexity index is 781. The van der Waals surface area contributed by atoms with E-state index in [2.05, 4.69) is 15.6 Å². The van der Waals surface area contributed by atoms with Crippen LogP contribution < -0.4 is 16.2 Å². The fourth-order valence-electron chi connectivity index (χ4n) is 3.28. The van der Waals surface area contributed by atoms with Crippen LogP contribution in [0.3, 0.4) is 0 Å². The Balaban J connectivity index is 1.58. The number of fused-ring (bicyclic) bond motifs is 1. The van der Waals surface area contributed by atoms with E-state index in [0.717, 1.165) is 11.9 Å². The van der Waals surface area contributed by atoms with Crippen LogP contribution >= 0.6 is 11.6 Å². The van der Waals surface area contributed by atoms with Gasteiger partial charge in [0.25, 0.3) is 5.56 Å². The second-order valence-corrected chi connectivity index (χ2v) is 6.82. The Morgan fingerprint density at radius 2 is 2.04 bits per heavy atom. The topological polar surface area (TPSA) is 74.0 Å². The van der Waals surface area contributed by atoms with Gasteiger partial charge in [-0.1, -0.05) is 30.9 Å². The number of pyridine rings is 1. The summed E-state index contributed by atoms with van der Waals surface area (Å²) in [5, 5.41) is 7.66. The molecule has 0 bridgehead atoms. The van der Waals surface area contributed by atoms with Gasteiger partial charge in [0.15, 0.2) is 0 Å². The number of anilines is 1. The van der Waals surface area contributed by atoms with Crippen molar-refractivity contribution in [2.24, 2.45) is 5.92 Å². The molecule has 6 heteroatoms. The zero-order chi connectivity index (χ0) is 16.9. The third kappa shape index (κ3) is 4.16. The monoisotopic (exact) mass is 347 g/mol. The highest BCUT2D eigenvalue weighted by Gasteiger charge is 2.14. The highest BCUT2D eigenvalue weighted by atomic mass is 35.5. The number of amides is 1. The first kappa shape index (κ1) is 17.0. The Labute approximate surface area is 145 Å². The van der Waals surface area contributed by atoms with Crippen LogP contribution in [0.25, 0.3) is 10.8 Å². The maximum absolute atomic E-state index is 12.1. The van der Waals surface area contributed by atoms with Crippen LogP contribution in [0.15, 0.2) is 29.2 Å². The van der Waals surface area contributed by atoms with Crippen LogP contribution in [-0.2, 0) is 4.79 Å². The van der Waals surface area contributed by atoms with Crippen LogP contribution in [0.4, 0.5) is 5.69 Å². The number of nitrogens with one attached hydrogen (secondary N) is 3. The lowest BCUT2D eigenvalue weighted by atomic mass is 9.89. The summed E-state index contributed by atoms with van der Waals surface area (Å²) >= 11 is 6.19. The Morgan fingerprint density at radius 3 is 2.83 bits per heavy atom. The molecule has 0 radical (unpaired) electrons. The van der Waals surface area contributed by atoms with Gasteiger partial charge in [-0.05, 0) is 48.9 Å². The van der Waals surface area contributed by atoms with Crippen molar-refractivity contribution < 1.29 is 4.79 Å². The minimum absolute atomic E-state index is 0.128. The van der Waals surface area contributed by atoms with Crippen molar-refractivity contribution in [2.45, 2.75) is 32.1 Å². The van der Waals surface area contributed by atoms with Gasteiger partial charge < -0.3 is 15.6 Å². The number of aromatic amines is 1. The molecule has 5 nitrogen and oxygen atoms in total. The number of H-pyrrole nitrogens is 1. The number of benzene rings is 1. The third-order valence-corrected chi connectivity index (χ3v) is 4.89. The number of rotatable bonds is 5. The first-order valence-electron chi connectivity index (χ1n) is 8.45. The van der Waals surface area contributed by atoms with E-state index in [0.29, 0.717) is 22.0 Å². The molecule has 1 aliphatic carbocycles. The van der Waals surface area contributed by atoms with Crippen molar-refractivity contribution in [3.63, 3.8) is 0 Å². The molecule has 128 valence electrons. The van der Waals surface area contributed by atoms with Gasteiger partial charge in [0.1, 0.15) is 0 Å². The Hall–Kier alpha value is -1.85. The largest absolute Gasteiger partial charge is 0.329 e. The molecule has 1 fully saturated rings. The molecule has 0 unspecified atom stereocenters. The van der Waals surface area contributed by atoms with E-state index in [1.165, 1.54) is 32.1 Å². The van der Waals surface area contributed by atoms with Crippen LogP contribution in [-0.4, -0.2) is 24.0 Å². The Morgan fingerprint density at radius 1 is 1.25 bits per heavy atom. The van der Waals surface area contributed by atoms with Gasteiger partial charge in [0.05, 0.1) is 17.3 Å². The van der Waals surface area contributed by atoms with Crippen LogP contribution in [0.1, 0.15) is 32.1 Å². The van der Waals surface area contributed by atoms with Gasteiger partial charge in [-0.3, -0.25) is 9.59 Å². The van der Waals surface area contributed by atoms with Crippen molar-refractivity contribution in [1.29, 1.82) is 0 Å². The molecule has 2 aromatic rings. The molecule has 0 atom stereocenters. The van der Waals surface area contributed by atoms with Crippen LogP contribution in [0.2, 0.25) is 5.02 Å². The molecule has 3 rings (SSSR count). The SMILES string of the molecule is O=C(CNCC1CCCCC1)Nc1cc2cc[nH]c(=O)c2cc1Cl. The molecular weight excluding hydrogens is 326 g/mol. The standard InChI is InChI=1S/C18H22ClN3O2/c19-15-9-14-13(6-7-21-18(14)24)8-16(15)22-17(23)11-20-10-12-4-2-1-3-5-12/h6-9,12,20H,1-5,10-11H2,(H,21,24)(H,22,23). The van der Waals surface area contributed by atoms with Crippen molar-refractivity contribution in [2.75, 3.05) is 18.4 Å². The zero-order valence-corrected chi connectivity index (χ0v) is 14.3. The molecule has 1 amide bonds. The molecule has 1 aliphatic rings. The predicted molar refractivity (Wildman–Crippen MR) is 97.7 cm³/mol. The summed E-state index contributed by atoms with van der Waals surface area (Å²) in [6.07, 6.45) is 8.00. The minimum Gasteiger partial charge on any atom is -0.329 e. The minimum atomic E-state index is -0.193. The predicted octanol–water partition coefficient (Wildman–Crippen LogP) is 3.29. The zero-order valence-electron chi connectivity index (χ0n) is 13.5. The van der Waals surface area contributed by atoms with Crippen molar-refractivity contribution in [1.82, 2.24) is 10.3 Å². The second kappa shape index (κ2) is 7.81. The van der Waals surface area contributed by atoms with Crippen molar-refractivity contribution in [3.05, 3.63) is 39.8 Å². The van der Waals surface area contributed by atoms with Gasteiger partial charge in [-0.25, -0.2) is 0 Å². The van der Waals surface area contributed by atoms with Crippen molar-refractivity contribution >= 4 is 34.0 Å². The van der Waals surface area contributed by atoms with E-state index in [1.807, 2.05) is 0 Å². The average Bonchev–Trinajstić information content (AvgIpc) is 2.57. The smallest absolute Gasteiger partial charge is 0.255 e. The lowest BCUT2D eigenvalue weighted by Crippen LogP contribution is -2.32. The summed E-state index contributed by atoms with van der Waals surface area (Å²) in [6, 6.07) is 5.09. The number of carbonyl (C=O) groups is 1. The number of aromatic nitrogens is 1. The summed E-state index contributed by atoms with van der Waals surface area (Å²) in [5.74, 6) is 0.555. The molecule has 1 aromatic heterocycles. The molecule has 1 heterocycles. The van der Waals surface area contributed by atoms with Gasteiger partial charge in [-0.2, -0.15) is 0 Å². The van der Waals surface area contributed by atoms with Gasteiger partial charge in [-0.15, -0.1) is 0 Å². The summed E-state index contributed by atoms with van der Waals surface area (Å²) in [5.41, 5.74) is 0.334. The van der Waals surface area contributed by atoms with E-state index in [9.17, 15) is 9.59 Å². The molecular formula is C18H22ClN3O2.